The molecule has 3 N–H and O–H groups in total. The van der Waals surface area contributed by atoms with Crippen LogP contribution in [0.4, 0.5) is 11.4 Å². The summed E-state index contributed by atoms with van der Waals surface area (Å²) in [6, 6.07) is 17.0. The molecule has 0 radical (unpaired) electrons. The lowest BCUT2D eigenvalue weighted by molar-refractivity contribution is -0.121. The maximum absolute atomic E-state index is 11.7. The Morgan fingerprint density at radius 2 is 1.60 bits per heavy atom. The van der Waals surface area contributed by atoms with Gasteiger partial charge in [0.25, 0.3) is 0 Å². The number of para-hydroxylation sites is 2. The van der Waals surface area contributed by atoms with E-state index in [-0.39, 0.29) is 18.3 Å². The molecule has 0 fully saturated rings. The number of fused-ring (bicyclic) bond motifs is 2. The van der Waals surface area contributed by atoms with Gasteiger partial charge in [-0.15, -0.1) is 12.4 Å². The van der Waals surface area contributed by atoms with Crippen LogP contribution in [0.15, 0.2) is 58.3 Å². The summed E-state index contributed by atoms with van der Waals surface area (Å²) in [5.74, 6) is 0.0930. The Hall–Kier alpha value is -1.69. The van der Waals surface area contributed by atoms with Gasteiger partial charge in [0, 0.05) is 29.3 Å². The van der Waals surface area contributed by atoms with Crippen molar-refractivity contribution in [2.45, 2.75) is 29.1 Å². The number of nitrogens with one attached hydrogen (secondary N) is 1. The van der Waals surface area contributed by atoms with Gasteiger partial charge in [-0.1, -0.05) is 36.0 Å². The molecule has 1 aliphatic heterocycles. The number of nitrogens with zero attached hydrogens (tertiary/aromatic N) is 1. The number of hydrogen-bond donors (Lipinski definition) is 2. The van der Waals surface area contributed by atoms with Crippen molar-refractivity contribution in [1.29, 1.82) is 0 Å². The highest BCUT2D eigenvalue weighted by atomic mass is 35.5. The third-order valence-electron chi connectivity index (χ3n) is 4.02. The number of nitrogens with two attached hydrogens (primary N) is 1. The van der Waals surface area contributed by atoms with E-state index in [9.17, 15) is 4.79 Å². The molecule has 2 aromatic carbocycles. The number of rotatable bonds is 7. The van der Waals surface area contributed by atoms with Gasteiger partial charge < -0.3 is 16.0 Å². The van der Waals surface area contributed by atoms with Crippen molar-refractivity contribution in [2.24, 2.45) is 5.73 Å². The highest BCUT2D eigenvalue weighted by molar-refractivity contribution is 7.99. The van der Waals surface area contributed by atoms with E-state index in [1.165, 1.54) is 21.2 Å². The summed E-state index contributed by atoms with van der Waals surface area (Å²) in [6.07, 6.45) is 2.17. The summed E-state index contributed by atoms with van der Waals surface area (Å²) in [5, 5.41) is 2.98. The summed E-state index contributed by atoms with van der Waals surface area (Å²) in [4.78, 5) is 16.6. The van der Waals surface area contributed by atoms with Crippen LogP contribution in [0.2, 0.25) is 0 Å². The summed E-state index contributed by atoms with van der Waals surface area (Å²) in [5.41, 5.74) is 7.92. The van der Waals surface area contributed by atoms with Crippen LogP contribution in [0.5, 0.6) is 0 Å². The predicted molar refractivity (Wildman–Crippen MR) is 107 cm³/mol. The molecule has 6 heteroatoms. The van der Waals surface area contributed by atoms with Crippen molar-refractivity contribution >= 4 is 41.5 Å². The second-order valence-electron chi connectivity index (χ2n) is 5.78. The minimum atomic E-state index is 0. The number of carbonyl (C=O) groups excluding carboxylic acids is 1. The first kappa shape index (κ1) is 19.6. The van der Waals surface area contributed by atoms with Crippen LogP contribution < -0.4 is 16.0 Å². The van der Waals surface area contributed by atoms with Gasteiger partial charge in [-0.25, -0.2) is 0 Å². The van der Waals surface area contributed by atoms with Crippen molar-refractivity contribution in [3.8, 4) is 0 Å². The van der Waals surface area contributed by atoms with E-state index in [0.717, 1.165) is 19.4 Å². The Morgan fingerprint density at radius 3 is 2.20 bits per heavy atom. The highest BCUT2D eigenvalue weighted by Crippen LogP contribution is 2.47. The normalized spacial score (nSPS) is 12.0. The minimum Gasteiger partial charge on any atom is -0.356 e. The monoisotopic (exact) mass is 377 g/mol. The first-order valence-corrected chi connectivity index (χ1v) is 9.21. The molecule has 2 aromatic rings. The van der Waals surface area contributed by atoms with E-state index in [0.29, 0.717) is 19.5 Å². The van der Waals surface area contributed by atoms with Crippen LogP contribution in [-0.4, -0.2) is 25.5 Å². The zero-order chi connectivity index (χ0) is 16.8. The molecule has 1 heterocycles. The van der Waals surface area contributed by atoms with Gasteiger partial charge in [-0.05, 0) is 43.7 Å². The SMILES string of the molecule is Cl.NCCCC(=O)NCCCN1c2ccccc2Sc2ccccc21. The third-order valence-corrected chi connectivity index (χ3v) is 5.15. The summed E-state index contributed by atoms with van der Waals surface area (Å²) >= 11 is 1.82. The maximum atomic E-state index is 11.7. The largest absolute Gasteiger partial charge is 0.356 e. The van der Waals surface area contributed by atoms with Gasteiger partial charge in [0.2, 0.25) is 5.91 Å². The van der Waals surface area contributed by atoms with E-state index in [2.05, 4.69) is 58.7 Å². The smallest absolute Gasteiger partial charge is 0.220 e. The molecule has 25 heavy (non-hydrogen) atoms. The van der Waals surface area contributed by atoms with E-state index in [4.69, 9.17) is 5.73 Å². The van der Waals surface area contributed by atoms with Crippen molar-refractivity contribution in [2.75, 3.05) is 24.5 Å². The van der Waals surface area contributed by atoms with Crippen molar-refractivity contribution in [3.63, 3.8) is 0 Å². The average Bonchev–Trinajstić information content (AvgIpc) is 2.62. The molecule has 0 saturated carbocycles. The molecule has 1 amide bonds. The molecular formula is C19H24ClN3OS. The lowest BCUT2D eigenvalue weighted by Gasteiger charge is -2.32. The number of hydrogen-bond acceptors (Lipinski definition) is 4. The Kier molecular flexibility index (Phi) is 7.62. The van der Waals surface area contributed by atoms with E-state index >= 15 is 0 Å². The number of benzene rings is 2. The minimum absolute atomic E-state index is 0. The van der Waals surface area contributed by atoms with Crippen molar-refractivity contribution in [3.05, 3.63) is 48.5 Å². The van der Waals surface area contributed by atoms with Crippen LogP contribution in [-0.2, 0) is 4.79 Å². The number of anilines is 2. The summed E-state index contributed by atoms with van der Waals surface area (Å²) in [6.45, 7) is 2.13. The van der Waals surface area contributed by atoms with Crippen LogP contribution in [0.1, 0.15) is 19.3 Å². The molecule has 0 saturated heterocycles. The Balaban J connectivity index is 0.00000225. The third kappa shape index (κ3) is 4.91. The lowest BCUT2D eigenvalue weighted by atomic mass is 10.2. The first-order valence-electron chi connectivity index (χ1n) is 8.40. The number of carbonyl (C=O) groups is 1. The topological polar surface area (TPSA) is 58.4 Å². The van der Waals surface area contributed by atoms with Gasteiger partial charge in [0.15, 0.2) is 0 Å². The fourth-order valence-electron chi connectivity index (χ4n) is 2.84. The Bertz CT molecular complexity index is 665. The van der Waals surface area contributed by atoms with Gasteiger partial charge in [-0.3, -0.25) is 4.79 Å². The van der Waals surface area contributed by atoms with Crippen molar-refractivity contribution < 1.29 is 4.79 Å². The van der Waals surface area contributed by atoms with Crippen molar-refractivity contribution in [1.82, 2.24) is 5.32 Å². The molecule has 0 atom stereocenters. The maximum Gasteiger partial charge on any atom is 0.220 e. The summed E-state index contributed by atoms with van der Waals surface area (Å²) in [7, 11) is 0. The zero-order valence-electron chi connectivity index (χ0n) is 14.1. The fourth-order valence-corrected chi connectivity index (χ4v) is 3.93. The second-order valence-corrected chi connectivity index (χ2v) is 6.87. The molecule has 0 aliphatic carbocycles. The highest BCUT2D eigenvalue weighted by Gasteiger charge is 2.22. The van der Waals surface area contributed by atoms with Crippen LogP contribution in [0, 0.1) is 0 Å². The van der Waals surface area contributed by atoms with Gasteiger partial charge in [0.1, 0.15) is 0 Å². The molecule has 0 unspecified atom stereocenters. The summed E-state index contributed by atoms with van der Waals surface area (Å²) < 4.78 is 0. The van der Waals surface area contributed by atoms with Gasteiger partial charge >= 0.3 is 0 Å². The molecular weight excluding hydrogens is 354 g/mol. The van der Waals surface area contributed by atoms with Gasteiger partial charge in [-0.2, -0.15) is 0 Å². The number of halogens is 1. The van der Waals surface area contributed by atoms with Crippen LogP contribution in [0.3, 0.4) is 0 Å². The first-order chi connectivity index (χ1) is 11.8. The number of amides is 1. The van der Waals surface area contributed by atoms with Crippen LogP contribution >= 0.6 is 24.2 Å². The molecule has 3 rings (SSSR count). The molecule has 4 nitrogen and oxygen atoms in total. The van der Waals surface area contributed by atoms with E-state index in [1.807, 2.05) is 11.8 Å². The zero-order valence-corrected chi connectivity index (χ0v) is 15.7. The molecule has 0 aromatic heterocycles. The Morgan fingerprint density at radius 1 is 1.00 bits per heavy atom. The molecule has 0 spiro atoms. The Labute approximate surface area is 159 Å². The quantitative estimate of drug-likeness (QED) is 0.717. The lowest BCUT2D eigenvalue weighted by Crippen LogP contribution is -2.29. The standard InChI is InChI=1S/C19H23N3OS.ClH/c20-12-5-11-19(23)21-13-6-14-22-15-7-1-3-9-17(15)24-18-10-4-2-8-16(18)22;/h1-4,7-10H,5-6,11-14,20H2,(H,21,23);1H. The van der Waals surface area contributed by atoms with E-state index < -0.39 is 0 Å². The second kappa shape index (κ2) is 9.70. The molecule has 0 bridgehead atoms. The van der Waals surface area contributed by atoms with Crippen LogP contribution in [0.25, 0.3) is 0 Å². The molecule has 134 valence electrons. The molecule has 1 aliphatic rings. The van der Waals surface area contributed by atoms with Gasteiger partial charge in [0.05, 0.1) is 11.4 Å². The fraction of sp³-hybridized carbons (Fsp3) is 0.316. The predicted octanol–water partition coefficient (Wildman–Crippen LogP) is 3.96. The average molecular weight is 378 g/mol. The van der Waals surface area contributed by atoms with E-state index in [1.54, 1.807) is 0 Å².